The first-order chi connectivity index (χ1) is 11.8. The third-order valence-electron chi connectivity index (χ3n) is 3.82. The molecule has 0 fully saturated rings. The topological polar surface area (TPSA) is 56.2 Å². The highest BCUT2D eigenvalue weighted by atomic mass is 35.5. The van der Waals surface area contributed by atoms with Gasteiger partial charge in [0.25, 0.3) is 0 Å². The van der Waals surface area contributed by atoms with E-state index in [9.17, 15) is 4.79 Å². The Morgan fingerprint density at radius 3 is 2.44 bits per heavy atom. The normalized spacial score (nSPS) is 11.7. The van der Waals surface area contributed by atoms with Crippen molar-refractivity contribution >= 4 is 33.7 Å². The standard InChI is InChI=1S/C20H20ClNO2S/c1-20(2,3)11-14-16(17(23)12-6-8-13(21)9-7-12)19(22)25-18(14)15-5-4-10-24-15/h4-10H,11,22H2,1-3H3. The number of thiophene rings is 1. The number of hydrogen-bond acceptors (Lipinski definition) is 4. The smallest absolute Gasteiger partial charge is 0.196 e. The minimum atomic E-state index is -0.0810. The molecule has 3 aromatic rings. The number of nitrogens with two attached hydrogens (primary N) is 1. The van der Waals surface area contributed by atoms with Crippen LogP contribution in [0.5, 0.6) is 0 Å². The van der Waals surface area contributed by atoms with Crippen LogP contribution in [0.25, 0.3) is 10.6 Å². The first kappa shape index (κ1) is 17.8. The summed E-state index contributed by atoms with van der Waals surface area (Å²) in [7, 11) is 0. The molecule has 0 spiro atoms. The van der Waals surface area contributed by atoms with Gasteiger partial charge in [-0.1, -0.05) is 32.4 Å². The highest BCUT2D eigenvalue weighted by Crippen LogP contribution is 2.42. The number of anilines is 1. The van der Waals surface area contributed by atoms with Crippen LogP contribution in [0.3, 0.4) is 0 Å². The predicted molar refractivity (Wildman–Crippen MR) is 104 cm³/mol. The quantitative estimate of drug-likeness (QED) is 0.565. The molecule has 3 nitrogen and oxygen atoms in total. The fourth-order valence-electron chi connectivity index (χ4n) is 2.79. The second-order valence-electron chi connectivity index (χ2n) is 7.20. The lowest BCUT2D eigenvalue weighted by molar-refractivity contribution is 0.103. The highest BCUT2D eigenvalue weighted by molar-refractivity contribution is 7.19. The van der Waals surface area contributed by atoms with Gasteiger partial charge in [0.05, 0.1) is 21.7 Å². The molecule has 0 unspecified atom stereocenters. The first-order valence-electron chi connectivity index (χ1n) is 8.01. The van der Waals surface area contributed by atoms with E-state index in [4.69, 9.17) is 21.8 Å². The van der Waals surface area contributed by atoms with Gasteiger partial charge in [0.15, 0.2) is 5.78 Å². The summed E-state index contributed by atoms with van der Waals surface area (Å²) in [5, 5.41) is 1.12. The molecule has 5 heteroatoms. The number of hydrogen-bond donors (Lipinski definition) is 1. The maximum absolute atomic E-state index is 13.1. The lowest BCUT2D eigenvalue weighted by Gasteiger charge is -2.19. The van der Waals surface area contributed by atoms with E-state index in [-0.39, 0.29) is 11.2 Å². The molecule has 2 aromatic heterocycles. The first-order valence-corrected chi connectivity index (χ1v) is 9.21. The number of benzene rings is 1. The van der Waals surface area contributed by atoms with Crippen LogP contribution in [0.1, 0.15) is 42.3 Å². The Hall–Kier alpha value is -2.04. The zero-order chi connectivity index (χ0) is 18.2. The maximum atomic E-state index is 13.1. The molecule has 25 heavy (non-hydrogen) atoms. The molecule has 0 radical (unpaired) electrons. The molecule has 1 aromatic carbocycles. The molecular formula is C20H20ClNO2S. The van der Waals surface area contributed by atoms with Crippen LogP contribution in [0, 0.1) is 5.41 Å². The number of carbonyl (C=O) groups excluding carboxylic acids is 1. The average Bonchev–Trinajstić information content (AvgIpc) is 3.14. The fourth-order valence-corrected chi connectivity index (χ4v) is 3.96. The van der Waals surface area contributed by atoms with E-state index in [1.165, 1.54) is 11.3 Å². The summed E-state index contributed by atoms with van der Waals surface area (Å²) >= 11 is 7.34. The highest BCUT2D eigenvalue weighted by Gasteiger charge is 2.28. The lowest BCUT2D eigenvalue weighted by Crippen LogP contribution is -2.14. The van der Waals surface area contributed by atoms with E-state index in [2.05, 4.69) is 20.8 Å². The summed E-state index contributed by atoms with van der Waals surface area (Å²) in [6.45, 7) is 6.43. The molecule has 2 N–H and O–H groups in total. The van der Waals surface area contributed by atoms with Gasteiger partial charge in [0, 0.05) is 10.6 Å². The molecule has 0 amide bonds. The summed E-state index contributed by atoms with van der Waals surface area (Å²) in [4.78, 5) is 14.0. The monoisotopic (exact) mass is 373 g/mol. The van der Waals surface area contributed by atoms with Crippen molar-refractivity contribution in [2.75, 3.05) is 5.73 Å². The van der Waals surface area contributed by atoms with Crippen LogP contribution in [0.15, 0.2) is 47.1 Å². The third-order valence-corrected chi connectivity index (χ3v) is 5.15. The van der Waals surface area contributed by atoms with Crippen LogP contribution in [-0.2, 0) is 6.42 Å². The average molecular weight is 374 g/mol. The Balaban J connectivity index is 2.15. The zero-order valence-corrected chi connectivity index (χ0v) is 16.0. The second kappa shape index (κ2) is 6.70. The number of carbonyl (C=O) groups is 1. The van der Waals surface area contributed by atoms with Crippen LogP contribution in [0.4, 0.5) is 5.00 Å². The van der Waals surface area contributed by atoms with Gasteiger partial charge in [-0.3, -0.25) is 4.79 Å². The largest absolute Gasteiger partial charge is 0.464 e. The molecule has 0 aliphatic carbocycles. The summed E-state index contributed by atoms with van der Waals surface area (Å²) in [6.07, 6.45) is 2.36. The van der Waals surface area contributed by atoms with E-state index >= 15 is 0 Å². The van der Waals surface area contributed by atoms with Gasteiger partial charge < -0.3 is 10.2 Å². The van der Waals surface area contributed by atoms with E-state index in [1.807, 2.05) is 12.1 Å². The number of furan rings is 1. The van der Waals surface area contributed by atoms with Crippen molar-refractivity contribution in [3.8, 4) is 10.6 Å². The Labute approximate surface area is 156 Å². The molecule has 0 bridgehead atoms. The number of ketones is 1. The Morgan fingerprint density at radius 1 is 1.20 bits per heavy atom. The van der Waals surface area contributed by atoms with Gasteiger partial charge in [-0.15, -0.1) is 11.3 Å². The SMILES string of the molecule is CC(C)(C)Cc1c(-c2ccco2)sc(N)c1C(=O)c1ccc(Cl)cc1. The van der Waals surface area contributed by atoms with E-state index < -0.39 is 0 Å². The van der Waals surface area contributed by atoms with Crippen molar-refractivity contribution in [3.63, 3.8) is 0 Å². The maximum Gasteiger partial charge on any atom is 0.196 e. The van der Waals surface area contributed by atoms with Crippen LogP contribution < -0.4 is 5.73 Å². The lowest BCUT2D eigenvalue weighted by atomic mass is 9.85. The third kappa shape index (κ3) is 3.80. The minimum absolute atomic E-state index is 0.00385. The van der Waals surface area contributed by atoms with Crippen molar-refractivity contribution in [1.29, 1.82) is 0 Å². The van der Waals surface area contributed by atoms with Crippen LogP contribution >= 0.6 is 22.9 Å². The van der Waals surface area contributed by atoms with Gasteiger partial charge >= 0.3 is 0 Å². The van der Waals surface area contributed by atoms with Crippen molar-refractivity contribution < 1.29 is 9.21 Å². The van der Waals surface area contributed by atoms with Crippen molar-refractivity contribution in [2.45, 2.75) is 27.2 Å². The second-order valence-corrected chi connectivity index (χ2v) is 8.69. The van der Waals surface area contributed by atoms with Crippen molar-refractivity contribution in [3.05, 3.63) is 64.4 Å². The van der Waals surface area contributed by atoms with Crippen molar-refractivity contribution in [2.24, 2.45) is 5.41 Å². The van der Waals surface area contributed by atoms with Gasteiger partial charge in [0.1, 0.15) is 5.76 Å². The molecule has 0 saturated carbocycles. The summed E-state index contributed by atoms with van der Waals surface area (Å²) in [6, 6.07) is 10.6. The molecule has 0 saturated heterocycles. The van der Waals surface area contributed by atoms with Gasteiger partial charge in [0.2, 0.25) is 0 Å². The van der Waals surface area contributed by atoms with Crippen LogP contribution in [-0.4, -0.2) is 5.78 Å². The van der Waals surface area contributed by atoms with Gasteiger partial charge in [-0.2, -0.15) is 0 Å². The molecular weight excluding hydrogens is 354 g/mol. The number of rotatable bonds is 4. The Morgan fingerprint density at radius 2 is 1.88 bits per heavy atom. The number of nitrogen functional groups attached to an aromatic ring is 1. The van der Waals surface area contributed by atoms with Crippen LogP contribution in [0.2, 0.25) is 5.02 Å². The fraction of sp³-hybridized carbons (Fsp3) is 0.250. The minimum Gasteiger partial charge on any atom is -0.464 e. The van der Waals surface area contributed by atoms with E-state index in [0.717, 1.165) is 22.6 Å². The predicted octanol–water partition coefficient (Wildman–Crippen LogP) is 6.06. The Bertz CT molecular complexity index is 887. The molecule has 0 atom stereocenters. The summed E-state index contributed by atoms with van der Waals surface area (Å²) in [5.74, 6) is 0.661. The van der Waals surface area contributed by atoms with Gasteiger partial charge in [-0.25, -0.2) is 0 Å². The molecule has 0 aliphatic heterocycles. The van der Waals surface area contributed by atoms with E-state index in [0.29, 0.717) is 21.2 Å². The van der Waals surface area contributed by atoms with E-state index in [1.54, 1.807) is 30.5 Å². The Kier molecular flexibility index (Phi) is 4.76. The number of halogens is 1. The van der Waals surface area contributed by atoms with Gasteiger partial charge in [-0.05, 0) is 53.8 Å². The summed E-state index contributed by atoms with van der Waals surface area (Å²) < 4.78 is 5.57. The molecule has 130 valence electrons. The molecule has 3 rings (SSSR count). The van der Waals surface area contributed by atoms with Crippen molar-refractivity contribution in [1.82, 2.24) is 0 Å². The molecule has 2 heterocycles. The molecule has 0 aliphatic rings. The zero-order valence-electron chi connectivity index (χ0n) is 14.4. The summed E-state index contributed by atoms with van der Waals surface area (Å²) in [5.41, 5.74) is 8.37.